The molecule has 0 aliphatic carbocycles. The minimum Gasteiger partial charge on any atom is -0.302 e. The van der Waals surface area contributed by atoms with Gasteiger partial charge in [-0.25, -0.2) is 0 Å². The number of hydrogen-bond donors (Lipinski definition) is 1. The fourth-order valence-corrected chi connectivity index (χ4v) is 4.17. The molecule has 1 aliphatic rings. The van der Waals surface area contributed by atoms with Crippen LogP contribution in [0.1, 0.15) is 26.4 Å². The molecule has 4 rings (SSSR count). The van der Waals surface area contributed by atoms with E-state index in [4.69, 9.17) is 5.73 Å². The van der Waals surface area contributed by atoms with Crippen molar-refractivity contribution in [3.8, 4) is 0 Å². The van der Waals surface area contributed by atoms with E-state index in [9.17, 15) is 9.59 Å². The molecule has 0 bridgehead atoms. The van der Waals surface area contributed by atoms with E-state index in [1.807, 2.05) is 73.0 Å². The van der Waals surface area contributed by atoms with Crippen LogP contribution in [0.25, 0.3) is 0 Å². The van der Waals surface area contributed by atoms with Gasteiger partial charge in [-0.3, -0.25) is 14.6 Å². The number of carbonyl (C=O) groups excluding carboxylic acids is 2. The third kappa shape index (κ3) is 3.28. The minimum atomic E-state index is -1.07. The first-order valence-electron chi connectivity index (χ1n) is 8.93. The van der Waals surface area contributed by atoms with Gasteiger partial charge in [-0.2, -0.15) is 0 Å². The summed E-state index contributed by atoms with van der Waals surface area (Å²) in [5, 5.41) is 1.88. The van der Waals surface area contributed by atoms with Crippen molar-refractivity contribution < 1.29 is 9.59 Å². The van der Waals surface area contributed by atoms with Crippen LogP contribution in [-0.4, -0.2) is 30.1 Å². The molecule has 0 saturated heterocycles. The standard InChI is InChI=1S/C22H19N3O2S/c1-14-11-12-28-20(14)18(26)13-25-17-10-6-5-9-16(17)19(24-21(23)22(25)27)15-7-3-2-4-8-15/h2-12,21H,13,23H2,1H3/t21-/m1/s1. The number of aryl methyl sites for hydroxylation is 1. The minimum absolute atomic E-state index is 0.0670. The second kappa shape index (κ2) is 7.50. The lowest BCUT2D eigenvalue weighted by molar-refractivity contribution is -0.119. The monoisotopic (exact) mass is 389 g/mol. The van der Waals surface area contributed by atoms with Crippen LogP contribution in [0, 0.1) is 6.92 Å². The molecule has 5 nitrogen and oxygen atoms in total. The molecule has 1 aromatic heterocycles. The SMILES string of the molecule is Cc1ccsc1C(=O)CN1C(=O)[C@H](N)N=C(c2ccccc2)c2ccccc21. The van der Waals surface area contributed by atoms with Crippen LogP contribution in [-0.2, 0) is 4.79 Å². The molecule has 0 spiro atoms. The van der Waals surface area contributed by atoms with Crippen molar-refractivity contribution in [2.45, 2.75) is 13.1 Å². The van der Waals surface area contributed by atoms with Crippen LogP contribution in [0.4, 0.5) is 5.69 Å². The van der Waals surface area contributed by atoms with E-state index in [0.29, 0.717) is 16.3 Å². The fraction of sp³-hybridized carbons (Fsp3) is 0.136. The average molecular weight is 389 g/mol. The average Bonchev–Trinajstić information content (AvgIpc) is 3.12. The Kier molecular flexibility index (Phi) is 4.90. The summed E-state index contributed by atoms with van der Waals surface area (Å²) in [7, 11) is 0. The number of aliphatic imine (C=N–C) groups is 1. The number of benzene rings is 2. The number of para-hydroxylation sites is 1. The zero-order chi connectivity index (χ0) is 19.7. The Morgan fingerprint density at radius 1 is 1.11 bits per heavy atom. The highest BCUT2D eigenvalue weighted by molar-refractivity contribution is 7.12. The molecule has 3 aromatic rings. The van der Waals surface area contributed by atoms with E-state index in [1.165, 1.54) is 16.2 Å². The first-order chi connectivity index (χ1) is 13.6. The lowest BCUT2D eigenvalue weighted by Crippen LogP contribution is -2.44. The molecule has 0 saturated carbocycles. The Balaban J connectivity index is 1.79. The Morgan fingerprint density at radius 2 is 1.82 bits per heavy atom. The van der Waals surface area contributed by atoms with Crippen molar-refractivity contribution in [3.05, 3.63) is 87.6 Å². The van der Waals surface area contributed by atoms with Gasteiger partial charge in [-0.1, -0.05) is 48.5 Å². The van der Waals surface area contributed by atoms with Gasteiger partial charge in [0.25, 0.3) is 5.91 Å². The normalized spacial score (nSPS) is 16.4. The number of benzodiazepines with no additional fused rings is 1. The van der Waals surface area contributed by atoms with Gasteiger partial charge in [0.15, 0.2) is 11.9 Å². The molecule has 140 valence electrons. The first-order valence-corrected chi connectivity index (χ1v) is 9.81. The Morgan fingerprint density at radius 3 is 2.54 bits per heavy atom. The summed E-state index contributed by atoms with van der Waals surface area (Å²) in [4.78, 5) is 32.5. The van der Waals surface area contributed by atoms with Crippen molar-refractivity contribution >= 4 is 34.4 Å². The molecule has 0 fully saturated rings. The molecule has 28 heavy (non-hydrogen) atoms. The van der Waals surface area contributed by atoms with Crippen molar-refractivity contribution in [2.75, 3.05) is 11.4 Å². The lowest BCUT2D eigenvalue weighted by atomic mass is 10.00. The number of ketones is 1. The number of hydrogen-bond acceptors (Lipinski definition) is 5. The topological polar surface area (TPSA) is 75.8 Å². The molecule has 0 unspecified atom stereocenters. The van der Waals surface area contributed by atoms with Crippen molar-refractivity contribution in [1.82, 2.24) is 0 Å². The Hall–Kier alpha value is -3.09. The van der Waals surface area contributed by atoms with E-state index in [0.717, 1.165) is 16.7 Å². The van der Waals surface area contributed by atoms with Gasteiger partial charge in [0.05, 0.1) is 22.8 Å². The number of anilines is 1. The van der Waals surface area contributed by atoms with Crippen molar-refractivity contribution in [1.29, 1.82) is 0 Å². The number of amides is 1. The molecular formula is C22H19N3O2S. The zero-order valence-corrected chi connectivity index (χ0v) is 16.1. The van der Waals surface area contributed by atoms with Gasteiger partial charge in [-0.05, 0) is 30.0 Å². The molecule has 1 atom stereocenters. The largest absolute Gasteiger partial charge is 0.302 e. The van der Waals surface area contributed by atoms with Gasteiger partial charge >= 0.3 is 0 Å². The first kappa shape index (κ1) is 18.3. The maximum absolute atomic E-state index is 13.0. The number of carbonyl (C=O) groups is 2. The number of nitrogens with zero attached hydrogens (tertiary/aromatic N) is 2. The molecule has 2 N–H and O–H groups in total. The molecule has 0 radical (unpaired) electrons. The van der Waals surface area contributed by atoms with Gasteiger partial charge in [0, 0.05) is 11.1 Å². The van der Waals surface area contributed by atoms with E-state index in [1.54, 1.807) is 0 Å². The van der Waals surface area contributed by atoms with E-state index in [-0.39, 0.29) is 18.2 Å². The van der Waals surface area contributed by atoms with Gasteiger partial charge in [-0.15, -0.1) is 11.3 Å². The summed E-state index contributed by atoms with van der Waals surface area (Å²) in [6.45, 7) is 1.83. The zero-order valence-electron chi connectivity index (χ0n) is 15.3. The maximum atomic E-state index is 13.0. The fourth-order valence-electron chi connectivity index (χ4n) is 3.31. The third-order valence-corrected chi connectivity index (χ3v) is 5.76. The summed E-state index contributed by atoms with van der Waals surface area (Å²) in [6.07, 6.45) is -1.07. The highest BCUT2D eigenvalue weighted by Crippen LogP contribution is 2.28. The Bertz CT molecular complexity index is 1070. The second-order valence-electron chi connectivity index (χ2n) is 6.59. The smallest absolute Gasteiger partial charge is 0.266 e. The lowest BCUT2D eigenvalue weighted by Gasteiger charge is -2.23. The van der Waals surface area contributed by atoms with Crippen molar-refractivity contribution in [2.24, 2.45) is 10.7 Å². The highest BCUT2D eigenvalue weighted by Gasteiger charge is 2.31. The predicted octanol–water partition coefficient (Wildman–Crippen LogP) is 3.41. The van der Waals surface area contributed by atoms with Crippen LogP contribution in [0.15, 0.2) is 71.0 Å². The molecular weight excluding hydrogens is 370 g/mol. The third-order valence-electron chi connectivity index (χ3n) is 4.70. The van der Waals surface area contributed by atoms with Gasteiger partial charge in [0.1, 0.15) is 0 Å². The second-order valence-corrected chi connectivity index (χ2v) is 7.50. The molecule has 2 aromatic carbocycles. The number of thiophene rings is 1. The number of rotatable bonds is 4. The Labute approximate surface area is 167 Å². The van der Waals surface area contributed by atoms with Crippen LogP contribution >= 0.6 is 11.3 Å². The van der Waals surface area contributed by atoms with Crippen LogP contribution in [0.2, 0.25) is 0 Å². The van der Waals surface area contributed by atoms with Crippen molar-refractivity contribution in [3.63, 3.8) is 0 Å². The molecule has 1 amide bonds. The molecule has 2 heterocycles. The number of nitrogens with two attached hydrogens (primary N) is 1. The van der Waals surface area contributed by atoms with E-state index < -0.39 is 6.17 Å². The molecule has 6 heteroatoms. The van der Waals surface area contributed by atoms with Crippen LogP contribution < -0.4 is 10.6 Å². The number of fused-ring (bicyclic) bond motifs is 1. The van der Waals surface area contributed by atoms with Crippen LogP contribution in [0.5, 0.6) is 0 Å². The van der Waals surface area contributed by atoms with Gasteiger partial charge in [0.2, 0.25) is 0 Å². The maximum Gasteiger partial charge on any atom is 0.266 e. The summed E-state index contributed by atoms with van der Waals surface area (Å²) >= 11 is 1.38. The highest BCUT2D eigenvalue weighted by atomic mass is 32.1. The van der Waals surface area contributed by atoms with Crippen LogP contribution in [0.3, 0.4) is 0 Å². The predicted molar refractivity (Wildman–Crippen MR) is 112 cm³/mol. The summed E-state index contributed by atoms with van der Waals surface area (Å²) in [5.74, 6) is -0.494. The van der Waals surface area contributed by atoms with Gasteiger partial charge < -0.3 is 10.6 Å². The number of Topliss-reactive ketones (excluding diaryl/α,β-unsaturated/α-hetero) is 1. The molecule has 1 aliphatic heterocycles. The summed E-state index contributed by atoms with van der Waals surface area (Å²) < 4.78 is 0. The van der Waals surface area contributed by atoms with E-state index in [2.05, 4.69) is 4.99 Å². The van der Waals surface area contributed by atoms with E-state index >= 15 is 0 Å². The summed E-state index contributed by atoms with van der Waals surface area (Å²) in [6, 6.07) is 19.0. The quantitative estimate of drug-likeness (QED) is 0.695. The summed E-state index contributed by atoms with van der Waals surface area (Å²) in [5.41, 5.74) is 9.98.